The van der Waals surface area contributed by atoms with Gasteiger partial charge in [-0.1, -0.05) is 25.0 Å². The van der Waals surface area contributed by atoms with Gasteiger partial charge in [-0.25, -0.2) is 4.39 Å². The van der Waals surface area contributed by atoms with E-state index >= 15 is 0 Å². The van der Waals surface area contributed by atoms with Crippen LogP contribution in [0.5, 0.6) is 0 Å². The van der Waals surface area contributed by atoms with E-state index in [4.69, 9.17) is 0 Å². The SMILES string of the molecule is O=C([C@H]1CC(=O)N(C2CCCC2)C1)N1CCN(c2ccccc2F)CC1. The Balaban J connectivity index is 1.34. The number of halogens is 1. The van der Waals surface area contributed by atoms with Crippen molar-refractivity contribution in [3.05, 3.63) is 30.1 Å². The summed E-state index contributed by atoms with van der Waals surface area (Å²) in [7, 11) is 0. The lowest BCUT2D eigenvalue weighted by Gasteiger charge is -2.37. The lowest BCUT2D eigenvalue weighted by atomic mass is 10.1. The fourth-order valence-electron chi connectivity index (χ4n) is 4.60. The number of nitrogens with zero attached hydrogens (tertiary/aromatic N) is 3. The third-order valence-corrected chi connectivity index (χ3v) is 6.06. The summed E-state index contributed by atoms with van der Waals surface area (Å²) in [4.78, 5) is 31.0. The summed E-state index contributed by atoms with van der Waals surface area (Å²) in [5, 5.41) is 0. The summed E-state index contributed by atoms with van der Waals surface area (Å²) in [6.07, 6.45) is 4.88. The molecule has 1 aliphatic carbocycles. The number of amides is 2. The number of likely N-dealkylation sites (tertiary alicyclic amines) is 1. The molecular weight excluding hydrogens is 333 g/mol. The van der Waals surface area contributed by atoms with Crippen molar-refractivity contribution in [1.29, 1.82) is 0 Å². The highest BCUT2D eigenvalue weighted by molar-refractivity contribution is 5.89. The van der Waals surface area contributed by atoms with Crippen molar-refractivity contribution in [2.45, 2.75) is 38.1 Å². The predicted octanol–water partition coefficient (Wildman–Crippen LogP) is 2.27. The maximum absolute atomic E-state index is 13.9. The van der Waals surface area contributed by atoms with Crippen LogP contribution >= 0.6 is 0 Å². The van der Waals surface area contributed by atoms with Crippen molar-refractivity contribution < 1.29 is 14.0 Å². The number of carbonyl (C=O) groups is 2. The first-order valence-corrected chi connectivity index (χ1v) is 9.71. The van der Waals surface area contributed by atoms with Gasteiger partial charge in [-0.05, 0) is 25.0 Å². The Bertz CT molecular complexity index is 681. The average molecular weight is 359 g/mol. The molecule has 140 valence electrons. The quantitative estimate of drug-likeness (QED) is 0.832. The van der Waals surface area contributed by atoms with Crippen LogP contribution in [0.15, 0.2) is 24.3 Å². The normalized spacial score (nSPS) is 24.6. The topological polar surface area (TPSA) is 43.9 Å². The highest BCUT2D eigenvalue weighted by Crippen LogP contribution is 2.30. The number of anilines is 1. The minimum absolute atomic E-state index is 0.0898. The van der Waals surface area contributed by atoms with Gasteiger partial charge in [0.25, 0.3) is 0 Å². The summed E-state index contributed by atoms with van der Waals surface area (Å²) < 4.78 is 13.9. The fourth-order valence-corrected chi connectivity index (χ4v) is 4.60. The van der Waals surface area contributed by atoms with Crippen LogP contribution in [0, 0.1) is 11.7 Å². The van der Waals surface area contributed by atoms with Crippen molar-refractivity contribution in [3.63, 3.8) is 0 Å². The van der Waals surface area contributed by atoms with Gasteiger partial charge >= 0.3 is 0 Å². The van der Waals surface area contributed by atoms with Crippen LogP contribution in [0.2, 0.25) is 0 Å². The van der Waals surface area contributed by atoms with Gasteiger partial charge in [0.1, 0.15) is 5.82 Å². The molecule has 4 rings (SSSR count). The summed E-state index contributed by atoms with van der Waals surface area (Å²) in [5.74, 6) is -0.198. The highest BCUT2D eigenvalue weighted by Gasteiger charge is 2.40. The Hall–Kier alpha value is -2.11. The molecule has 2 saturated heterocycles. The Kier molecular flexibility index (Phi) is 4.83. The fraction of sp³-hybridized carbons (Fsp3) is 0.600. The van der Waals surface area contributed by atoms with Crippen molar-refractivity contribution in [1.82, 2.24) is 9.80 Å². The Morgan fingerprint density at radius 2 is 1.73 bits per heavy atom. The Morgan fingerprint density at radius 1 is 1.04 bits per heavy atom. The molecule has 0 radical (unpaired) electrons. The van der Waals surface area contributed by atoms with Crippen molar-refractivity contribution in [3.8, 4) is 0 Å². The van der Waals surface area contributed by atoms with E-state index < -0.39 is 0 Å². The van der Waals surface area contributed by atoms with E-state index in [9.17, 15) is 14.0 Å². The zero-order chi connectivity index (χ0) is 18.1. The van der Waals surface area contributed by atoms with Gasteiger partial charge in [-0.15, -0.1) is 0 Å². The van der Waals surface area contributed by atoms with Gasteiger partial charge < -0.3 is 14.7 Å². The second-order valence-corrected chi connectivity index (χ2v) is 7.65. The standard InChI is InChI=1S/C20H26FN3O2/c21-17-7-3-4-8-18(17)22-9-11-23(12-10-22)20(26)15-13-19(25)24(14-15)16-5-1-2-6-16/h3-4,7-8,15-16H,1-2,5-6,9-14H2/t15-/m0/s1. The predicted molar refractivity (Wildman–Crippen MR) is 97.3 cm³/mol. The second-order valence-electron chi connectivity index (χ2n) is 7.65. The molecule has 3 aliphatic rings. The van der Waals surface area contributed by atoms with Crippen LogP contribution in [0.4, 0.5) is 10.1 Å². The first-order chi connectivity index (χ1) is 12.6. The molecule has 0 bridgehead atoms. The van der Waals surface area contributed by atoms with E-state index in [0.29, 0.717) is 50.9 Å². The van der Waals surface area contributed by atoms with Crippen molar-refractivity contribution in [2.24, 2.45) is 5.92 Å². The molecule has 1 aromatic carbocycles. The van der Waals surface area contributed by atoms with Crippen LogP contribution in [-0.2, 0) is 9.59 Å². The molecule has 6 heteroatoms. The molecule has 1 saturated carbocycles. The second kappa shape index (κ2) is 7.25. The van der Waals surface area contributed by atoms with Gasteiger partial charge in [-0.2, -0.15) is 0 Å². The number of rotatable bonds is 3. The molecular formula is C20H26FN3O2. The van der Waals surface area contributed by atoms with Crippen LogP contribution in [0.3, 0.4) is 0 Å². The minimum Gasteiger partial charge on any atom is -0.366 e. The molecule has 2 heterocycles. The van der Waals surface area contributed by atoms with Gasteiger partial charge in [0.15, 0.2) is 0 Å². The molecule has 2 aliphatic heterocycles. The minimum atomic E-state index is -0.221. The van der Waals surface area contributed by atoms with Crippen LogP contribution in [0.25, 0.3) is 0 Å². The van der Waals surface area contributed by atoms with E-state index in [2.05, 4.69) is 0 Å². The summed E-state index contributed by atoms with van der Waals surface area (Å²) >= 11 is 0. The number of hydrogen-bond acceptors (Lipinski definition) is 3. The third-order valence-electron chi connectivity index (χ3n) is 6.06. The molecule has 3 fully saturated rings. The van der Waals surface area contributed by atoms with Gasteiger partial charge in [-0.3, -0.25) is 9.59 Å². The van der Waals surface area contributed by atoms with E-state index in [1.807, 2.05) is 20.8 Å². The largest absolute Gasteiger partial charge is 0.366 e. The molecule has 26 heavy (non-hydrogen) atoms. The molecule has 0 spiro atoms. The molecule has 1 atom stereocenters. The van der Waals surface area contributed by atoms with Crippen molar-refractivity contribution >= 4 is 17.5 Å². The van der Waals surface area contributed by atoms with Gasteiger partial charge in [0, 0.05) is 45.2 Å². The maximum Gasteiger partial charge on any atom is 0.228 e. The van der Waals surface area contributed by atoms with Gasteiger partial charge in [0.05, 0.1) is 11.6 Å². The van der Waals surface area contributed by atoms with E-state index in [1.165, 1.54) is 18.9 Å². The van der Waals surface area contributed by atoms with E-state index in [-0.39, 0.29) is 23.5 Å². The number of hydrogen-bond donors (Lipinski definition) is 0. The van der Waals surface area contributed by atoms with Crippen molar-refractivity contribution in [2.75, 3.05) is 37.6 Å². The lowest BCUT2D eigenvalue weighted by molar-refractivity contribution is -0.136. The number of piperazine rings is 1. The summed E-state index contributed by atoms with van der Waals surface area (Å²) in [6, 6.07) is 7.11. The molecule has 2 amide bonds. The smallest absolute Gasteiger partial charge is 0.228 e. The number of para-hydroxylation sites is 1. The van der Waals surface area contributed by atoms with E-state index in [0.717, 1.165) is 12.8 Å². The molecule has 0 N–H and O–H groups in total. The molecule has 1 aromatic rings. The molecule has 0 aromatic heterocycles. The lowest BCUT2D eigenvalue weighted by Crippen LogP contribution is -2.51. The maximum atomic E-state index is 13.9. The average Bonchev–Trinajstić information content (AvgIpc) is 3.31. The molecule has 0 unspecified atom stereocenters. The van der Waals surface area contributed by atoms with Crippen LogP contribution in [-0.4, -0.2) is 60.4 Å². The Labute approximate surface area is 153 Å². The zero-order valence-electron chi connectivity index (χ0n) is 15.1. The third kappa shape index (κ3) is 3.29. The Morgan fingerprint density at radius 3 is 2.42 bits per heavy atom. The molecule has 5 nitrogen and oxygen atoms in total. The van der Waals surface area contributed by atoms with Crippen LogP contribution < -0.4 is 4.90 Å². The number of carbonyl (C=O) groups excluding carboxylic acids is 2. The first kappa shape index (κ1) is 17.3. The number of benzene rings is 1. The monoisotopic (exact) mass is 359 g/mol. The highest BCUT2D eigenvalue weighted by atomic mass is 19.1. The first-order valence-electron chi connectivity index (χ1n) is 9.71. The van der Waals surface area contributed by atoms with E-state index in [1.54, 1.807) is 12.1 Å². The summed E-state index contributed by atoms with van der Waals surface area (Å²) in [6.45, 7) is 3.00. The zero-order valence-corrected chi connectivity index (χ0v) is 15.1. The van der Waals surface area contributed by atoms with Gasteiger partial charge in [0.2, 0.25) is 11.8 Å². The summed E-state index contributed by atoms with van der Waals surface area (Å²) in [5.41, 5.74) is 0.600. The van der Waals surface area contributed by atoms with Crippen LogP contribution in [0.1, 0.15) is 32.1 Å².